The number of hydrogen-bond acceptors (Lipinski definition) is 3. The van der Waals surface area contributed by atoms with Crippen LogP contribution in [0.25, 0.3) is 0 Å². The van der Waals surface area contributed by atoms with Gasteiger partial charge >= 0.3 is 12.1 Å². The van der Waals surface area contributed by atoms with Crippen LogP contribution in [-0.4, -0.2) is 25.0 Å². The van der Waals surface area contributed by atoms with Gasteiger partial charge in [0.1, 0.15) is 11.9 Å². The minimum absolute atomic E-state index is 0.117. The average molecular weight is 409 g/mol. The van der Waals surface area contributed by atoms with Crippen molar-refractivity contribution < 1.29 is 31.9 Å². The van der Waals surface area contributed by atoms with Crippen LogP contribution in [0.1, 0.15) is 16.7 Å². The molecule has 0 spiro atoms. The molecule has 2 aromatic carbocycles. The number of esters is 1. The summed E-state index contributed by atoms with van der Waals surface area (Å²) in [5.41, 5.74) is 0.485. The smallest absolute Gasteiger partial charge is 0.416 e. The van der Waals surface area contributed by atoms with Crippen LogP contribution < -0.4 is 5.32 Å². The van der Waals surface area contributed by atoms with E-state index >= 15 is 0 Å². The third-order valence-corrected chi connectivity index (χ3v) is 4.06. The molecule has 154 valence electrons. The second-order valence-corrected chi connectivity index (χ2v) is 6.22. The van der Waals surface area contributed by atoms with E-state index < -0.39 is 35.5 Å². The first-order valence-electron chi connectivity index (χ1n) is 8.64. The Labute approximate surface area is 165 Å². The first-order valence-corrected chi connectivity index (χ1v) is 8.64. The number of allylic oxidation sites excluding steroid dienone is 1. The molecular weight excluding hydrogens is 390 g/mol. The van der Waals surface area contributed by atoms with Crippen molar-refractivity contribution in [1.29, 1.82) is 0 Å². The number of methoxy groups -OCH3 is 1. The zero-order chi connectivity index (χ0) is 21.4. The molecule has 0 saturated carbocycles. The molecule has 2 rings (SSSR count). The van der Waals surface area contributed by atoms with Gasteiger partial charge in [0.15, 0.2) is 0 Å². The van der Waals surface area contributed by atoms with E-state index in [2.05, 4.69) is 10.1 Å². The van der Waals surface area contributed by atoms with Gasteiger partial charge in [0, 0.05) is 6.42 Å². The lowest BCUT2D eigenvalue weighted by Gasteiger charge is -2.15. The summed E-state index contributed by atoms with van der Waals surface area (Å²) >= 11 is 0. The van der Waals surface area contributed by atoms with Crippen molar-refractivity contribution in [3.63, 3.8) is 0 Å². The SMILES string of the molecule is COC(=O)C(Cc1ccc(F)cc1)NC(=O)/C=C/Cc1ccc(C(F)(F)F)cc1. The van der Waals surface area contributed by atoms with Gasteiger partial charge in [-0.05, 0) is 47.9 Å². The molecule has 0 fully saturated rings. The molecule has 8 heteroatoms. The number of hydrogen-bond donors (Lipinski definition) is 1. The number of halogens is 4. The summed E-state index contributed by atoms with van der Waals surface area (Å²) in [5.74, 6) is -1.63. The number of nitrogens with one attached hydrogen (secondary N) is 1. The summed E-state index contributed by atoms with van der Waals surface area (Å²) in [4.78, 5) is 24.0. The fourth-order valence-corrected chi connectivity index (χ4v) is 2.54. The highest BCUT2D eigenvalue weighted by Crippen LogP contribution is 2.29. The van der Waals surface area contributed by atoms with Crippen LogP contribution in [0.2, 0.25) is 0 Å². The van der Waals surface area contributed by atoms with Gasteiger partial charge in [0.05, 0.1) is 12.7 Å². The van der Waals surface area contributed by atoms with E-state index in [4.69, 9.17) is 0 Å². The predicted molar refractivity (Wildman–Crippen MR) is 98.3 cm³/mol. The molecule has 1 amide bonds. The Balaban J connectivity index is 1.94. The first-order chi connectivity index (χ1) is 13.7. The molecule has 0 aliphatic rings. The Bertz CT molecular complexity index is 859. The van der Waals surface area contributed by atoms with E-state index in [1.165, 1.54) is 55.7 Å². The van der Waals surface area contributed by atoms with Crippen LogP contribution in [0, 0.1) is 5.82 Å². The van der Waals surface area contributed by atoms with Gasteiger partial charge in [-0.25, -0.2) is 9.18 Å². The largest absolute Gasteiger partial charge is 0.467 e. The van der Waals surface area contributed by atoms with Crippen molar-refractivity contribution in [2.24, 2.45) is 0 Å². The quantitative estimate of drug-likeness (QED) is 0.430. The molecule has 0 radical (unpaired) electrons. The molecule has 0 heterocycles. The summed E-state index contributed by atoms with van der Waals surface area (Å²) in [6.45, 7) is 0. The third-order valence-electron chi connectivity index (χ3n) is 4.06. The maximum absolute atomic E-state index is 13.0. The second kappa shape index (κ2) is 9.86. The highest BCUT2D eigenvalue weighted by molar-refractivity contribution is 5.91. The first kappa shape index (κ1) is 22.1. The van der Waals surface area contributed by atoms with Crippen molar-refractivity contribution in [2.45, 2.75) is 25.1 Å². The van der Waals surface area contributed by atoms with Gasteiger partial charge < -0.3 is 10.1 Å². The van der Waals surface area contributed by atoms with Crippen LogP contribution >= 0.6 is 0 Å². The van der Waals surface area contributed by atoms with E-state index in [1.807, 2.05) is 0 Å². The number of amides is 1. The van der Waals surface area contributed by atoms with E-state index in [1.54, 1.807) is 0 Å². The lowest BCUT2D eigenvalue weighted by molar-refractivity contribution is -0.144. The number of benzene rings is 2. The Morgan fingerprint density at radius 3 is 2.17 bits per heavy atom. The van der Waals surface area contributed by atoms with Gasteiger partial charge in [0.25, 0.3) is 0 Å². The van der Waals surface area contributed by atoms with Crippen LogP contribution in [0.3, 0.4) is 0 Å². The standard InChI is InChI=1S/C21H19F4NO3/c1-29-20(28)18(13-15-7-11-17(22)12-8-15)26-19(27)4-2-3-14-5-9-16(10-6-14)21(23,24)25/h2,4-12,18H,3,13H2,1H3,(H,26,27)/b4-2+. The van der Waals surface area contributed by atoms with Gasteiger partial charge in [-0.3, -0.25) is 4.79 Å². The minimum Gasteiger partial charge on any atom is -0.467 e. The van der Waals surface area contributed by atoms with Crippen LogP contribution in [0.15, 0.2) is 60.7 Å². The Morgan fingerprint density at radius 1 is 1.03 bits per heavy atom. The van der Waals surface area contributed by atoms with Crippen molar-refractivity contribution >= 4 is 11.9 Å². The molecule has 1 unspecified atom stereocenters. The summed E-state index contributed by atoms with van der Waals surface area (Å²) < 4.78 is 55.3. The van der Waals surface area contributed by atoms with Crippen LogP contribution in [-0.2, 0) is 33.3 Å². The maximum Gasteiger partial charge on any atom is 0.416 e. The Morgan fingerprint density at radius 2 is 1.62 bits per heavy atom. The number of alkyl halides is 3. The van der Waals surface area contributed by atoms with Crippen LogP contribution in [0.4, 0.5) is 17.6 Å². The summed E-state index contributed by atoms with van der Waals surface area (Å²) in [7, 11) is 1.19. The average Bonchev–Trinajstić information content (AvgIpc) is 2.68. The molecule has 4 nitrogen and oxygen atoms in total. The van der Waals surface area contributed by atoms with Gasteiger partial charge in [-0.2, -0.15) is 13.2 Å². The molecular formula is C21H19F4NO3. The fourth-order valence-electron chi connectivity index (χ4n) is 2.54. The lowest BCUT2D eigenvalue weighted by atomic mass is 10.1. The maximum atomic E-state index is 13.0. The normalized spacial score (nSPS) is 12.6. The molecule has 29 heavy (non-hydrogen) atoms. The topological polar surface area (TPSA) is 55.4 Å². The van der Waals surface area contributed by atoms with Gasteiger partial charge in [0.2, 0.25) is 5.91 Å². The predicted octanol–water partition coefficient (Wildman–Crippen LogP) is 3.84. The highest BCUT2D eigenvalue weighted by Gasteiger charge is 2.29. The van der Waals surface area contributed by atoms with E-state index in [-0.39, 0.29) is 12.8 Å². The van der Waals surface area contributed by atoms with E-state index in [9.17, 15) is 27.2 Å². The van der Waals surface area contributed by atoms with Crippen molar-refractivity contribution in [2.75, 3.05) is 7.11 Å². The molecule has 0 aliphatic heterocycles. The summed E-state index contributed by atoms with van der Waals surface area (Å²) in [6.07, 6.45) is -1.37. The third kappa shape index (κ3) is 7.06. The molecule has 2 aromatic rings. The molecule has 0 aromatic heterocycles. The number of carbonyl (C=O) groups is 2. The number of carbonyl (C=O) groups excluding carboxylic acids is 2. The van der Waals surface area contributed by atoms with Crippen molar-refractivity contribution in [3.8, 4) is 0 Å². The number of rotatable bonds is 7. The summed E-state index contributed by atoms with van der Waals surface area (Å²) in [5, 5.41) is 2.50. The van der Waals surface area contributed by atoms with E-state index in [0.29, 0.717) is 11.1 Å². The Hall–Kier alpha value is -3.16. The minimum atomic E-state index is -4.40. The fraction of sp³-hybridized carbons (Fsp3) is 0.238. The molecule has 0 aliphatic carbocycles. The van der Waals surface area contributed by atoms with Crippen molar-refractivity contribution in [1.82, 2.24) is 5.32 Å². The summed E-state index contributed by atoms with van der Waals surface area (Å²) in [6, 6.07) is 9.13. The van der Waals surface area contributed by atoms with Gasteiger partial charge in [-0.15, -0.1) is 0 Å². The molecule has 0 saturated heterocycles. The molecule has 1 atom stereocenters. The molecule has 1 N–H and O–H groups in total. The zero-order valence-electron chi connectivity index (χ0n) is 15.5. The highest BCUT2D eigenvalue weighted by atomic mass is 19.4. The van der Waals surface area contributed by atoms with E-state index in [0.717, 1.165) is 12.1 Å². The monoisotopic (exact) mass is 409 g/mol. The second-order valence-electron chi connectivity index (χ2n) is 6.22. The lowest BCUT2D eigenvalue weighted by Crippen LogP contribution is -2.42. The van der Waals surface area contributed by atoms with Gasteiger partial charge in [-0.1, -0.05) is 30.3 Å². The number of ether oxygens (including phenoxy) is 1. The van der Waals surface area contributed by atoms with Crippen LogP contribution in [0.5, 0.6) is 0 Å². The van der Waals surface area contributed by atoms with Crippen molar-refractivity contribution in [3.05, 3.63) is 83.2 Å². The zero-order valence-corrected chi connectivity index (χ0v) is 15.5. The Kier molecular flexibility index (Phi) is 7.52. The molecule has 0 bridgehead atoms.